The number of halogens is 1. The molecule has 0 atom stereocenters. The molecule has 4 nitrogen and oxygen atoms in total. The van der Waals surface area contributed by atoms with Crippen LogP contribution in [0.25, 0.3) is 0 Å². The molecule has 1 aliphatic heterocycles. The zero-order valence-electron chi connectivity index (χ0n) is 13.4. The molecular weight excluding hydrogens is 293 g/mol. The minimum Gasteiger partial charge on any atom is -0.366 e. The van der Waals surface area contributed by atoms with Crippen molar-refractivity contribution in [3.63, 3.8) is 0 Å². The van der Waals surface area contributed by atoms with E-state index in [1.165, 1.54) is 13.0 Å². The van der Waals surface area contributed by atoms with E-state index in [0.717, 1.165) is 37.7 Å². The van der Waals surface area contributed by atoms with Crippen LogP contribution in [0.5, 0.6) is 0 Å². The van der Waals surface area contributed by atoms with E-state index in [2.05, 4.69) is 9.88 Å². The number of benzene rings is 1. The third-order valence-corrected chi connectivity index (χ3v) is 4.17. The van der Waals surface area contributed by atoms with Crippen LogP contribution in [-0.2, 0) is 0 Å². The van der Waals surface area contributed by atoms with Crippen LogP contribution < -0.4 is 9.80 Å². The summed E-state index contributed by atoms with van der Waals surface area (Å²) in [5.74, 6) is 0.516. The van der Waals surface area contributed by atoms with Gasteiger partial charge >= 0.3 is 0 Å². The molecule has 2 heterocycles. The van der Waals surface area contributed by atoms with Crippen molar-refractivity contribution >= 4 is 17.3 Å². The molecule has 120 valence electrons. The smallest absolute Gasteiger partial charge is 0.159 e. The van der Waals surface area contributed by atoms with E-state index in [0.29, 0.717) is 11.3 Å². The number of anilines is 2. The molecule has 0 N–H and O–H groups in total. The van der Waals surface area contributed by atoms with Gasteiger partial charge in [0.2, 0.25) is 0 Å². The lowest BCUT2D eigenvalue weighted by Crippen LogP contribution is -2.47. The Bertz CT molecular complexity index is 724. The molecule has 0 amide bonds. The first kappa shape index (κ1) is 15.5. The van der Waals surface area contributed by atoms with Crippen LogP contribution in [0, 0.1) is 12.7 Å². The van der Waals surface area contributed by atoms with E-state index in [4.69, 9.17) is 0 Å². The SMILES string of the molecule is CC(=O)c1ccc(N2CCN(c3cccc(C)n3)CC2)c(F)c1. The van der Waals surface area contributed by atoms with Gasteiger partial charge in [0.15, 0.2) is 5.78 Å². The first-order valence-electron chi connectivity index (χ1n) is 7.78. The molecule has 0 aliphatic carbocycles. The van der Waals surface area contributed by atoms with Crippen molar-refractivity contribution in [2.45, 2.75) is 13.8 Å². The van der Waals surface area contributed by atoms with E-state index in [9.17, 15) is 9.18 Å². The molecule has 0 radical (unpaired) electrons. The van der Waals surface area contributed by atoms with Crippen LogP contribution >= 0.6 is 0 Å². The Morgan fingerprint density at radius 1 is 1.09 bits per heavy atom. The predicted molar refractivity (Wildman–Crippen MR) is 89.8 cm³/mol. The number of aryl methyl sites for hydroxylation is 1. The maximum atomic E-state index is 14.2. The lowest BCUT2D eigenvalue weighted by atomic mass is 10.1. The summed E-state index contributed by atoms with van der Waals surface area (Å²) >= 11 is 0. The zero-order valence-corrected chi connectivity index (χ0v) is 13.4. The number of ketones is 1. The number of nitrogens with zero attached hydrogens (tertiary/aromatic N) is 3. The lowest BCUT2D eigenvalue weighted by molar-refractivity contribution is 0.101. The Balaban J connectivity index is 1.70. The molecule has 0 unspecified atom stereocenters. The summed E-state index contributed by atoms with van der Waals surface area (Å²) in [6, 6.07) is 10.7. The maximum Gasteiger partial charge on any atom is 0.159 e. The summed E-state index contributed by atoms with van der Waals surface area (Å²) in [4.78, 5) is 20.1. The van der Waals surface area contributed by atoms with Gasteiger partial charge in [-0.25, -0.2) is 9.37 Å². The fourth-order valence-electron chi connectivity index (χ4n) is 2.86. The van der Waals surface area contributed by atoms with Crippen molar-refractivity contribution in [3.8, 4) is 0 Å². The Morgan fingerprint density at radius 2 is 1.78 bits per heavy atom. The second-order valence-electron chi connectivity index (χ2n) is 5.83. The van der Waals surface area contributed by atoms with Crippen LogP contribution in [0.4, 0.5) is 15.9 Å². The molecular formula is C18H20FN3O. The predicted octanol–water partition coefficient (Wildman–Crippen LogP) is 3.06. The molecule has 0 spiro atoms. The Morgan fingerprint density at radius 3 is 2.39 bits per heavy atom. The Hall–Kier alpha value is -2.43. The van der Waals surface area contributed by atoms with Crippen LogP contribution in [0.15, 0.2) is 36.4 Å². The number of carbonyl (C=O) groups excluding carboxylic acids is 1. The highest BCUT2D eigenvalue weighted by Crippen LogP contribution is 2.23. The number of pyridine rings is 1. The summed E-state index contributed by atoms with van der Waals surface area (Å²) in [6.07, 6.45) is 0. The summed E-state index contributed by atoms with van der Waals surface area (Å²) in [7, 11) is 0. The minimum atomic E-state index is -0.333. The lowest BCUT2D eigenvalue weighted by Gasteiger charge is -2.37. The van der Waals surface area contributed by atoms with Crippen molar-refractivity contribution in [1.29, 1.82) is 0 Å². The fraction of sp³-hybridized carbons (Fsp3) is 0.333. The molecule has 1 aliphatic rings. The van der Waals surface area contributed by atoms with Gasteiger partial charge in [-0.2, -0.15) is 0 Å². The average molecular weight is 313 g/mol. The van der Waals surface area contributed by atoms with Crippen LogP contribution in [-0.4, -0.2) is 36.9 Å². The van der Waals surface area contributed by atoms with Gasteiger partial charge in [0, 0.05) is 37.4 Å². The number of piperazine rings is 1. The quantitative estimate of drug-likeness (QED) is 0.816. The number of rotatable bonds is 3. The van der Waals surface area contributed by atoms with Crippen molar-refractivity contribution in [1.82, 2.24) is 4.98 Å². The van der Waals surface area contributed by atoms with Gasteiger partial charge < -0.3 is 9.80 Å². The highest BCUT2D eigenvalue weighted by Gasteiger charge is 2.20. The summed E-state index contributed by atoms with van der Waals surface area (Å²) in [5, 5.41) is 0. The molecule has 5 heteroatoms. The molecule has 0 bridgehead atoms. The largest absolute Gasteiger partial charge is 0.366 e. The Kier molecular flexibility index (Phi) is 4.28. The molecule has 2 aromatic rings. The van der Waals surface area contributed by atoms with E-state index >= 15 is 0 Å². The zero-order chi connectivity index (χ0) is 16.4. The second kappa shape index (κ2) is 6.36. The van der Waals surface area contributed by atoms with E-state index in [1.54, 1.807) is 12.1 Å². The third kappa shape index (κ3) is 3.33. The molecule has 0 saturated carbocycles. The molecule has 3 rings (SSSR count). The molecule has 1 saturated heterocycles. The second-order valence-corrected chi connectivity index (χ2v) is 5.83. The van der Waals surface area contributed by atoms with Gasteiger partial charge in [0.1, 0.15) is 11.6 Å². The number of aromatic nitrogens is 1. The van der Waals surface area contributed by atoms with Crippen molar-refractivity contribution in [2.75, 3.05) is 36.0 Å². The van der Waals surface area contributed by atoms with Gasteiger partial charge in [-0.3, -0.25) is 4.79 Å². The number of carbonyl (C=O) groups is 1. The van der Waals surface area contributed by atoms with Crippen LogP contribution in [0.1, 0.15) is 23.0 Å². The maximum absolute atomic E-state index is 14.2. The first-order valence-corrected chi connectivity index (χ1v) is 7.78. The average Bonchev–Trinajstić information content (AvgIpc) is 2.55. The molecule has 1 aromatic carbocycles. The van der Waals surface area contributed by atoms with Gasteiger partial charge in [-0.15, -0.1) is 0 Å². The molecule has 1 aromatic heterocycles. The molecule has 23 heavy (non-hydrogen) atoms. The summed E-state index contributed by atoms with van der Waals surface area (Å²) in [6.45, 7) is 6.47. The summed E-state index contributed by atoms with van der Waals surface area (Å²) < 4.78 is 14.2. The topological polar surface area (TPSA) is 36.4 Å². The van der Waals surface area contributed by atoms with Crippen molar-refractivity contribution in [3.05, 3.63) is 53.5 Å². The van der Waals surface area contributed by atoms with Crippen molar-refractivity contribution < 1.29 is 9.18 Å². The van der Waals surface area contributed by atoms with Gasteiger partial charge in [-0.1, -0.05) is 6.07 Å². The van der Waals surface area contributed by atoms with Gasteiger partial charge in [0.25, 0.3) is 0 Å². The van der Waals surface area contributed by atoms with Crippen LogP contribution in [0.2, 0.25) is 0 Å². The van der Waals surface area contributed by atoms with Gasteiger partial charge in [0.05, 0.1) is 5.69 Å². The van der Waals surface area contributed by atoms with E-state index < -0.39 is 0 Å². The standard InChI is InChI=1S/C18H20FN3O/c1-13-4-3-5-18(20-13)22-10-8-21(9-11-22)17-7-6-15(14(2)23)12-16(17)19/h3-7,12H,8-11H2,1-2H3. The highest BCUT2D eigenvalue weighted by molar-refractivity contribution is 5.94. The van der Waals surface area contributed by atoms with E-state index in [1.807, 2.05) is 30.0 Å². The Labute approximate surface area is 135 Å². The van der Waals surface area contributed by atoms with Gasteiger partial charge in [-0.05, 0) is 44.2 Å². The van der Waals surface area contributed by atoms with Crippen molar-refractivity contribution in [2.24, 2.45) is 0 Å². The normalized spacial score (nSPS) is 14.9. The fourth-order valence-corrected chi connectivity index (χ4v) is 2.86. The first-order chi connectivity index (χ1) is 11.0. The number of hydrogen-bond donors (Lipinski definition) is 0. The third-order valence-electron chi connectivity index (χ3n) is 4.17. The van der Waals surface area contributed by atoms with E-state index in [-0.39, 0.29) is 11.6 Å². The highest BCUT2D eigenvalue weighted by atomic mass is 19.1. The number of hydrogen-bond acceptors (Lipinski definition) is 4. The molecule has 1 fully saturated rings. The number of Topliss-reactive ketones (excluding diaryl/α,β-unsaturated/α-hetero) is 1. The van der Waals surface area contributed by atoms with Crippen LogP contribution in [0.3, 0.4) is 0 Å². The minimum absolute atomic E-state index is 0.120. The monoisotopic (exact) mass is 313 g/mol. The summed E-state index contributed by atoms with van der Waals surface area (Å²) in [5.41, 5.74) is 1.97.